The van der Waals surface area contributed by atoms with E-state index in [1.165, 1.54) is 0 Å². The molecule has 104 valence electrons. The van der Waals surface area contributed by atoms with Gasteiger partial charge in [0.2, 0.25) is 0 Å². The molecule has 5 heteroatoms. The molecule has 2 rings (SSSR count). The number of nitrogens with one attached hydrogen (secondary N) is 1. The van der Waals surface area contributed by atoms with Crippen LogP contribution in [0.15, 0.2) is 53.0 Å². The number of carbonyl (C=O) groups is 1. The van der Waals surface area contributed by atoms with E-state index in [-0.39, 0.29) is 5.91 Å². The van der Waals surface area contributed by atoms with Gasteiger partial charge in [-0.25, -0.2) is 0 Å². The molecule has 0 saturated heterocycles. The molecule has 0 aromatic heterocycles. The molecule has 0 atom stereocenters. The molecular formula is C15H13BrClNO2. The van der Waals surface area contributed by atoms with E-state index in [1.54, 1.807) is 18.2 Å². The smallest absolute Gasteiger partial charge is 0.252 e. The first-order chi connectivity index (χ1) is 9.68. The van der Waals surface area contributed by atoms with Gasteiger partial charge in [-0.15, -0.1) is 0 Å². The third-order valence-corrected chi connectivity index (χ3v) is 3.89. The Morgan fingerprint density at radius 3 is 2.65 bits per heavy atom. The predicted octanol–water partition coefficient (Wildman–Crippen LogP) is 3.91. The highest BCUT2D eigenvalue weighted by Crippen LogP contribution is 2.25. The Balaban J connectivity index is 1.82. The second-order valence-corrected chi connectivity index (χ2v) is 5.25. The van der Waals surface area contributed by atoms with Crippen molar-refractivity contribution in [2.45, 2.75) is 0 Å². The predicted molar refractivity (Wildman–Crippen MR) is 83.4 cm³/mol. The normalized spacial score (nSPS) is 10.1. The number of benzene rings is 2. The van der Waals surface area contributed by atoms with Gasteiger partial charge in [-0.1, -0.05) is 35.9 Å². The minimum absolute atomic E-state index is 0.215. The van der Waals surface area contributed by atoms with E-state index < -0.39 is 0 Å². The van der Waals surface area contributed by atoms with Crippen LogP contribution in [0.5, 0.6) is 5.75 Å². The molecule has 0 saturated carbocycles. The van der Waals surface area contributed by atoms with Crippen molar-refractivity contribution >= 4 is 33.4 Å². The summed E-state index contributed by atoms with van der Waals surface area (Å²) in [6, 6.07) is 14.7. The quantitative estimate of drug-likeness (QED) is 0.827. The van der Waals surface area contributed by atoms with Crippen LogP contribution in [0.4, 0.5) is 0 Å². The average molecular weight is 355 g/mol. The number of carbonyl (C=O) groups excluding carboxylic acids is 1. The summed E-state index contributed by atoms with van der Waals surface area (Å²) in [4.78, 5) is 12.0. The number of halogens is 2. The molecule has 0 bridgehead atoms. The van der Waals surface area contributed by atoms with Gasteiger partial charge in [0.05, 0.1) is 17.1 Å². The number of hydrogen-bond acceptors (Lipinski definition) is 2. The summed E-state index contributed by atoms with van der Waals surface area (Å²) >= 11 is 9.35. The zero-order valence-corrected chi connectivity index (χ0v) is 12.9. The van der Waals surface area contributed by atoms with Crippen LogP contribution in [-0.4, -0.2) is 19.1 Å². The van der Waals surface area contributed by atoms with E-state index in [4.69, 9.17) is 16.3 Å². The van der Waals surface area contributed by atoms with Crippen molar-refractivity contribution in [1.29, 1.82) is 0 Å². The number of para-hydroxylation sites is 1. The van der Waals surface area contributed by atoms with Crippen molar-refractivity contribution in [2.75, 3.05) is 13.2 Å². The Morgan fingerprint density at radius 1 is 1.15 bits per heavy atom. The Hall–Kier alpha value is -1.52. The van der Waals surface area contributed by atoms with Crippen molar-refractivity contribution in [3.63, 3.8) is 0 Å². The van der Waals surface area contributed by atoms with Gasteiger partial charge < -0.3 is 10.1 Å². The summed E-state index contributed by atoms with van der Waals surface area (Å²) in [6.45, 7) is 0.817. The molecule has 2 aromatic carbocycles. The molecule has 0 fully saturated rings. The minimum Gasteiger partial charge on any atom is -0.492 e. The lowest BCUT2D eigenvalue weighted by Crippen LogP contribution is -2.28. The second kappa shape index (κ2) is 7.31. The van der Waals surface area contributed by atoms with Gasteiger partial charge in [-0.2, -0.15) is 0 Å². The average Bonchev–Trinajstić information content (AvgIpc) is 2.47. The lowest BCUT2D eigenvalue weighted by molar-refractivity contribution is 0.0947. The van der Waals surface area contributed by atoms with Crippen LogP contribution >= 0.6 is 27.5 Å². The van der Waals surface area contributed by atoms with Crippen molar-refractivity contribution in [2.24, 2.45) is 0 Å². The van der Waals surface area contributed by atoms with Gasteiger partial charge in [-0.05, 0) is 40.2 Å². The van der Waals surface area contributed by atoms with Crippen LogP contribution in [0.1, 0.15) is 10.4 Å². The van der Waals surface area contributed by atoms with E-state index in [1.807, 2.05) is 30.3 Å². The van der Waals surface area contributed by atoms with E-state index in [9.17, 15) is 4.79 Å². The van der Waals surface area contributed by atoms with Gasteiger partial charge >= 0.3 is 0 Å². The molecule has 1 N–H and O–H groups in total. The van der Waals surface area contributed by atoms with Crippen LogP contribution in [0.25, 0.3) is 0 Å². The molecule has 20 heavy (non-hydrogen) atoms. The second-order valence-electron chi connectivity index (χ2n) is 4.02. The van der Waals surface area contributed by atoms with Gasteiger partial charge in [0.25, 0.3) is 5.91 Å². The molecule has 2 aromatic rings. The molecule has 3 nitrogen and oxygen atoms in total. The number of hydrogen-bond donors (Lipinski definition) is 1. The van der Waals surface area contributed by atoms with Crippen molar-refractivity contribution in [3.05, 3.63) is 63.6 Å². The van der Waals surface area contributed by atoms with Crippen molar-refractivity contribution in [1.82, 2.24) is 5.32 Å². The zero-order valence-electron chi connectivity index (χ0n) is 10.6. The maximum atomic E-state index is 12.0. The first-order valence-corrected chi connectivity index (χ1v) is 7.25. The number of ether oxygens (including phenoxy) is 1. The molecule has 0 unspecified atom stereocenters. The fraction of sp³-hybridized carbons (Fsp3) is 0.133. The zero-order chi connectivity index (χ0) is 14.4. The summed E-state index contributed by atoms with van der Waals surface area (Å²) in [5.41, 5.74) is 0.445. The van der Waals surface area contributed by atoms with Crippen LogP contribution in [0.2, 0.25) is 5.02 Å². The molecule has 0 aliphatic carbocycles. The Bertz CT molecular complexity index is 590. The summed E-state index contributed by atoms with van der Waals surface area (Å²) < 4.78 is 6.19. The fourth-order valence-electron chi connectivity index (χ4n) is 1.62. The summed E-state index contributed by atoms with van der Waals surface area (Å²) in [5.74, 6) is 0.565. The molecule has 1 amide bonds. The molecular weight excluding hydrogens is 342 g/mol. The van der Waals surface area contributed by atoms with Crippen molar-refractivity contribution < 1.29 is 9.53 Å². The number of amides is 1. The van der Waals surface area contributed by atoms with Crippen molar-refractivity contribution in [3.8, 4) is 5.75 Å². The monoisotopic (exact) mass is 353 g/mol. The maximum absolute atomic E-state index is 12.0. The van der Waals surface area contributed by atoms with E-state index in [0.29, 0.717) is 28.2 Å². The molecule has 0 spiro atoms. The van der Waals surface area contributed by atoms with Crippen LogP contribution < -0.4 is 10.1 Å². The Morgan fingerprint density at radius 2 is 1.90 bits per heavy atom. The first-order valence-electron chi connectivity index (χ1n) is 6.08. The van der Waals surface area contributed by atoms with Gasteiger partial charge in [0.1, 0.15) is 12.4 Å². The summed E-state index contributed by atoms with van der Waals surface area (Å²) in [7, 11) is 0. The summed E-state index contributed by atoms with van der Waals surface area (Å²) in [6.07, 6.45) is 0. The third-order valence-electron chi connectivity index (χ3n) is 2.60. The highest BCUT2D eigenvalue weighted by molar-refractivity contribution is 9.10. The van der Waals surface area contributed by atoms with E-state index in [2.05, 4.69) is 21.2 Å². The molecule has 0 heterocycles. The minimum atomic E-state index is -0.215. The summed E-state index contributed by atoms with van der Waals surface area (Å²) in [5, 5.41) is 3.18. The SMILES string of the molecule is O=C(NCCOc1ccccc1)c1cccc(Br)c1Cl. The fourth-order valence-corrected chi connectivity index (χ4v) is 2.20. The third kappa shape index (κ3) is 3.99. The van der Waals surface area contributed by atoms with Crippen LogP contribution in [0.3, 0.4) is 0 Å². The standard InChI is InChI=1S/C15H13BrClNO2/c16-13-8-4-7-12(14(13)17)15(19)18-9-10-20-11-5-2-1-3-6-11/h1-8H,9-10H2,(H,18,19). The first kappa shape index (κ1) is 14.9. The van der Waals surface area contributed by atoms with Gasteiger partial charge in [0, 0.05) is 4.47 Å². The Labute approximate surface area is 131 Å². The van der Waals surface area contributed by atoms with Crippen LogP contribution in [0, 0.1) is 0 Å². The topological polar surface area (TPSA) is 38.3 Å². The Kier molecular flexibility index (Phi) is 5.44. The highest BCUT2D eigenvalue weighted by atomic mass is 79.9. The largest absolute Gasteiger partial charge is 0.492 e. The van der Waals surface area contributed by atoms with E-state index in [0.717, 1.165) is 5.75 Å². The number of rotatable bonds is 5. The molecule has 0 aliphatic heterocycles. The van der Waals surface area contributed by atoms with Crippen LogP contribution in [-0.2, 0) is 0 Å². The molecule has 0 radical (unpaired) electrons. The molecule has 0 aliphatic rings. The lowest BCUT2D eigenvalue weighted by atomic mass is 10.2. The highest BCUT2D eigenvalue weighted by Gasteiger charge is 2.11. The maximum Gasteiger partial charge on any atom is 0.252 e. The van der Waals surface area contributed by atoms with Gasteiger partial charge in [-0.3, -0.25) is 4.79 Å². The van der Waals surface area contributed by atoms with Gasteiger partial charge in [0.15, 0.2) is 0 Å². The lowest BCUT2D eigenvalue weighted by Gasteiger charge is -2.09. The van der Waals surface area contributed by atoms with E-state index >= 15 is 0 Å².